The molecule has 3 rings (SSSR count). The number of hydrogen-bond acceptors (Lipinski definition) is 4. The van der Waals surface area contributed by atoms with Crippen LogP contribution in [0.25, 0.3) is 0 Å². The second-order valence-electron chi connectivity index (χ2n) is 6.29. The first-order valence-corrected chi connectivity index (χ1v) is 8.01. The number of hydrogen-bond donors (Lipinski definition) is 0. The van der Waals surface area contributed by atoms with E-state index in [-0.39, 0.29) is 0 Å². The molecule has 22 heavy (non-hydrogen) atoms. The SMILES string of the molecule is COc1ccc(CN2CCCC2c2cc(C(C)C)on2)cc1. The molecule has 1 aromatic heterocycles. The van der Waals surface area contributed by atoms with Gasteiger partial charge in [-0.2, -0.15) is 0 Å². The van der Waals surface area contributed by atoms with E-state index in [9.17, 15) is 0 Å². The Morgan fingerprint density at radius 2 is 2.09 bits per heavy atom. The van der Waals surface area contributed by atoms with Crippen LogP contribution >= 0.6 is 0 Å². The molecular formula is C18H24N2O2. The van der Waals surface area contributed by atoms with Crippen molar-refractivity contribution < 1.29 is 9.26 Å². The van der Waals surface area contributed by atoms with Gasteiger partial charge in [0.25, 0.3) is 0 Å². The van der Waals surface area contributed by atoms with Crippen LogP contribution in [0.15, 0.2) is 34.9 Å². The van der Waals surface area contributed by atoms with Gasteiger partial charge in [0, 0.05) is 18.5 Å². The Balaban J connectivity index is 1.71. The van der Waals surface area contributed by atoms with Crippen LogP contribution in [-0.2, 0) is 6.54 Å². The molecular weight excluding hydrogens is 276 g/mol. The lowest BCUT2D eigenvalue weighted by Crippen LogP contribution is -2.22. The summed E-state index contributed by atoms with van der Waals surface area (Å²) in [5.74, 6) is 2.27. The molecule has 0 bridgehead atoms. The Kier molecular flexibility index (Phi) is 4.48. The maximum Gasteiger partial charge on any atom is 0.139 e. The van der Waals surface area contributed by atoms with Gasteiger partial charge in [-0.3, -0.25) is 4.90 Å². The van der Waals surface area contributed by atoms with Crippen LogP contribution < -0.4 is 4.74 Å². The summed E-state index contributed by atoms with van der Waals surface area (Å²) in [6, 6.07) is 10.8. The van der Waals surface area contributed by atoms with Gasteiger partial charge in [-0.1, -0.05) is 31.1 Å². The van der Waals surface area contributed by atoms with E-state index in [1.54, 1.807) is 7.11 Å². The highest BCUT2D eigenvalue weighted by molar-refractivity contribution is 5.27. The van der Waals surface area contributed by atoms with Crippen molar-refractivity contribution in [1.82, 2.24) is 10.1 Å². The van der Waals surface area contributed by atoms with Gasteiger partial charge in [-0.15, -0.1) is 0 Å². The summed E-state index contributed by atoms with van der Waals surface area (Å²) >= 11 is 0. The van der Waals surface area contributed by atoms with E-state index in [1.165, 1.54) is 12.0 Å². The van der Waals surface area contributed by atoms with E-state index in [4.69, 9.17) is 9.26 Å². The van der Waals surface area contributed by atoms with Crippen LogP contribution in [0.1, 0.15) is 55.7 Å². The van der Waals surface area contributed by atoms with Crippen LogP contribution in [0.3, 0.4) is 0 Å². The monoisotopic (exact) mass is 300 g/mol. The van der Waals surface area contributed by atoms with Crippen molar-refractivity contribution in [1.29, 1.82) is 0 Å². The minimum Gasteiger partial charge on any atom is -0.497 e. The molecule has 0 spiro atoms. The molecule has 1 aliphatic heterocycles. The van der Waals surface area contributed by atoms with E-state index in [0.717, 1.165) is 36.7 Å². The quantitative estimate of drug-likeness (QED) is 0.831. The fraction of sp³-hybridized carbons (Fsp3) is 0.500. The fourth-order valence-electron chi connectivity index (χ4n) is 3.05. The van der Waals surface area contributed by atoms with Crippen molar-refractivity contribution in [2.75, 3.05) is 13.7 Å². The van der Waals surface area contributed by atoms with Gasteiger partial charge in [-0.25, -0.2) is 0 Å². The highest BCUT2D eigenvalue weighted by Gasteiger charge is 2.28. The summed E-state index contributed by atoms with van der Waals surface area (Å²) in [5, 5.41) is 4.30. The molecule has 1 aromatic carbocycles. The number of ether oxygens (including phenoxy) is 1. The van der Waals surface area contributed by atoms with Crippen molar-refractivity contribution >= 4 is 0 Å². The molecule has 1 aliphatic rings. The molecule has 1 saturated heterocycles. The lowest BCUT2D eigenvalue weighted by molar-refractivity contribution is 0.236. The Hall–Kier alpha value is -1.81. The first kappa shape index (κ1) is 15.1. The molecule has 0 radical (unpaired) electrons. The van der Waals surface area contributed by atoms with E-state index in [2.05, 4.69) is 42.1 Å². The van der Waals surface area contributed by atoms with Gasteiger partial charge in [-0.05, 0) is 37.1 Å². The van der Waals surface area contributed by atoms with E-state index >= 15 is 0 Å². The van der Waals surface area contributed by atoms with Gasteiger partial charge in [0.2, 0.25) is 0 Å². The van der Waals surface area contributed by atoms with Crippen LogP contribution in [0, 0.1) is 0 Å². The summed E-state index contributed by atoms with van der Waals surface area (Å²) in [4.78, 5) is 2.49. The van der Waals surface area contributed by atoms with Crippen LogP contribution in [-0.4, -0.2) is 23.7 Å². The third-order valence-corrected chi connectivity index (χ3v) is 4.37. The van der Waals surface area contributed by atoms with Crippen molar-refractivity contribution in [2.45, 2.75) is 45.2 Å². The number of aromatic nitrogens is 1. The van der Waals surface area contributed by atoms with Crippen LogP contribution in [0.4, 0.5) is 0 Å². The van der Waals surface area contributed by atoms with Gasteiger partial charge < -0.3 is 9.26 Å². The minimum absolute atomic E-state index is 0.373. The Morgan fingerprint density at radius 3 is 2.73 bits per heavy atom. The van der Waals surface area contributed by atoms with Crippen LogP contribution in [0.2, 0.25) is 0 Å². The normalized spacial score (nSPS) is 19.0. The average molecular weight is 300 g/mol. The molecule has 2 aromatic rings. The molecule has 2 heterocycles. The smallest absolute Gasteiger partial charge is 0.139 e. The molecule has 4 nitrogen and oxygen atoms in total. The second-order valence-corrected chi connectivity index (χ2v) is 6.29. The molecule has 1 fully saturated rings. The zero-order valence-corrected chi connectivity index (χ0v) is 13.6. The standard InChI is InChI=1S/C18H24N2O2/c1-13(2)18-11-16(19-22-18)17-5-4-10-20(17)12-14-6-8-15(21-3)9-7-14/h6-9,11,13,17H,4-5,10,12H2,1-3H3. The topological polar surface area (TPSA) is 38.5 Å². The summed E-state index contributed by atoms with van der Waals surface area (Å²) in [6.07, 6.45) is 2.37. The van der Waals surface area contributed by atoms with Crippen molar-refractivity contribution in [2.24, 2.45) is 0 Å². The van der Waals surface area contributed by atoms with Gasteiger partial charge in [0.1, 0.15) is 17.2 Å². The summed E-state index contributed by atoms with van der Waals surface area (Å²) in [5.41, 5.74) is 2.38. The lowest BCUT2D eigenvalue weighted by atomic mass is 10.1. The highest BCUT2D eigenvalue weighted by atomic mass is 16.5. The minimum atomic E-state index is 0.373. The van der Waals surface area contributed by atoms with E-state index in [0.29, 0.717) is 12.0 Å². The van der Waals surface area contributed by atoms with Crippen molar-refractivity contribution in [3.63, 3.8) is 0 Å². The summed E-state index contributed by atoms with van der Waals surface area (Å²) in [6.45, 7) is 6.32. The molecule has 1 unspecified atom stereocenters. The largest absolute Gasteiger partial charge is 0.497 e. The molecule has 0 aliphatic carbocycles. The molecule has 0 saturated carbocycles. The van der Waals surface area contributed by atoms with Crippen LogP contribution in [0.5, 0.6) is 5.75 Å². The second kappa shape index (κ2) is 6.53. The Labute approximate surface area is 132 Å². The highest BCUT2D eigenvalue weighted by Crippen LogP contribution is 2.33. The number of rotatable bonds is 5. The van der Waals surface area contributed by atoms with Gasteiger partial charge in [0.15, 0.2) is 0 Å². The Bertz CT molecular complexity index is 604. The maximum absolute atomic E-state index is 5.47. The number of nitrogens with zero attached hydrogens (tertiary/aromatic N) is 2. The van der Waals surface area contributed by atoms with Crippen molar-refractivity contribution in [3.05, 3.63) is 47.3 Å². The summed E-state index contributed by atoms with van der Waals surface area (Å²) in [7, 11) is 1.70. The zero-order valence-electron chi connectivity index (χ0n) is 13.6. The maximum atomic E-state index is 5.47. The first-order valence-electron chi connectivity index (χ1n) is 8.01. The van der Waals surface area contributed by atoms with E-state index < -0.39 is 0 Å². The molecule has 118 valence electrons. The lowest BCUT2D eigenvalue weighted by Gasteiger charge is -2.22. The molecule has 4 heteroatoms. The number of likely N-dealkylation sites (tertiary alicyclic amines) is 1. The van der Waals surface area contributed by atoms with E-state index in [1.807, 2.05) is 12.1 Å². The zero-order chi connectivity index (χ0) is 15.5. The summed E-state index contributed by atoms with van der Waals surface area (Å²) < 4.78 is 10.7. The molecule has 1 atom stereocenters. The average Bonchev–Trinajstić information content (AvgIpc) is 3.16. The Morgan fingerprint density at radius 1 is 1.32 bits per heavy atom. The molecule has 0 amide bonds. The predicted octanol–water partition coefficient (Wildman–Crippen LogP) is 4.14. The molecule has 0 N–H and O–H groups in total. The number of methoxy groups -OCH3 is 1. The van der Waals surface area contributed by atoms with Gasteiger partial charge in [0.05, 0.1) is 13.2 Å². The predicted molar refractivity (Wildman–Crippen MR) is 86.0 cm³/mol. The van der Waals surface area contributed by atoms with Gasteiger partial charge >= 0.3 is 0 Å². The van der Waals surface area contributed by atoms with Crippen molar-refractivity contribution in [3.8, 4) is 5.75 Å². The number of benzene rings is 1. The third-order valence-electron chi connectivity index (χ3n) is 4.37. The third kappa shape index (κ3) is 3.17. The fourth-order valence-corrected chi connectivity index (χ4v) is 3.05. The first-order chi connectivity index (χ1) is 10.7.